The van der Waals surface area contributed by atoms with Crippen molar-refractivity contribution in [3.05, 3.63) is 12.2 Å². The smallest absolute Gasteiger partial charge is 0.397 e. The van der Waals surface area contributed by atoms with Crippen LogP contribution in [0.1, 0.15) is 20.3 Å². The Kier molecular flexibility index (Phi) is 5.48. The Morgan fingerprint density at radius 3 is 2.47 bits per heavy atom. The minimum Gasteiger partial charge on any atom is -0.462 e. The van der Waals surface area contributed by atoms with Gasteiger partial charge in [-0.05, 0) is 13.8 Å². The summed E-state index contributed by atoms with van der Waals surface area (Å²) in [5.74, 6) is -0.547. The van der Waals surface area contributed by atoms with Crippen molar-refractivity contribution in [2.24, 2.45) is 0 Å². The van der Waals surface area contributed by atoms with Gasteiger partial charge >= 0.3 is 16.4 Å². The molecule has 1 atom stereocenters. The van der Waals surface area contributed by atoms with Gasteiger partial charge in [0.2, 0.25) is 0 Å². The molecule has 0 radical (unpaired) electrons. The largest absolute Gasteiger partial charge is 0.462 e. The number of hydrogen-bond acceptors (Lipinski definition) is 5. The number of rotatable bonds is 6. The zero-order valence-electron chi connectivity index (χ0n) is 8.60. The van der Waals surface area contributed by atoms with Gasteiger partial charge in [0.1, 0.15) is 0 Å². The summed E-state index contributed by atoms with van der Waals surface area (Å²) in [5, 5.41) is 0. The highest BCUT2D eigenvalue weighted by molar-refractivity contribution is 7.80. The van der Waals surface area contributed by atoms with E-state index in [0.717, 1.165) is 0 Å². The fourth-order valence-corrected chi connectivity index (χ4v) is 1.21. The van der Waals surface area contributed by atoms with Crippen LogP contribution in [0.15, 0.2) is 12.2 Å². The molecule has 0 saturated carbocycles. The fraction of sp³-hybridized carbons (Fsp3) is 0.625. The van der Waals surface area contributed by atoms with E-state index in [0.29, 0.717) is 0 Å². The van der Waals surface area contributed by atoms with Crippen molar-refractivity contribution < 1.29 is 26.7 Å². The quantitative estimate of drug-likeness (QED) is 0.416. The second-order valence-electron chi connectivity index (χ2n) is 3.04. The first kappa shape index (κ1) is 14.1. The molecular formula is C8H14O6S. The molecule has 6 nitrogen and oxygen atoms in total. The molecule has 88 valence electrons. The first-order valence-corrected chi connectivity index (χ1v) is 5.57. The topological polar surface area (TPSA) is 89.9 Å². The van der Waals surface area contributed by atoms with Gasteiger partial charge in [-0.15, -0.1) is 0 Å². The monoisotopic (exact) mass is 238 g/mol. The van der Waals surface area contributed by atoms with Gasteiger partial charge in [0, 0.05) is 12.0 Å². The van der Waals surface area contributed by atoms with Crippen molar-refractivity contribution in [3.63, 3.8) is 0 Å². The van der Waals surface area contributed by atoms with Crippen molar-refractivity contribution in [2.75, 3.05) is 6.61 Å². The van der Waals surface area contributed by atoms with E-state index < -0.39 is 22.5 Å². The van der Waals surface area contributed by atoms with Crippen LogP contribution in [0.5, 0.6) is 0 Å². The number of carbonyl (C=O) groups excluding carboxylic acids is 1. The summed E-state index contributed by atoms with van der Waals surface area (Å²) in [5.41, 5.74) is 0.262. The lowest BCUT2D eigenvalue weighted by molar-refractivity contribution is -0.139. The van der Waals surface area contributed by atoms with Crippen LogP contribution in [0.4, 0.5) is 0 Å². The lowest BCUT2D eigenvalue weighted by Gasteiger charge is -2.09. The van der Waals surface area contributed by atoms with Crippen LogP contribution in [0.25, 0.3) is 0 Å². The highest BCUT2D eigenvalue weighted by atomic mass is 32.3. The van der Waals surface area contributed by atoms with E-state index in [1.54, 1.807) is 0 Å². The van der Waals surface area contributed by atoms with E-state index in [4.69, 9.17) is 9.29 Å². The van der Waals surface area contributed by atoms with Gasteiger partial charge < -0.3 is 4.74 Å². The Hall–Kier alpha value is -0.920. The molecular weight excluding hydrogens is 224 g/mol. The molecule has 0 aliphatic heterocycles. The van der Waals surface area contributed by atoms with E-state index >= 15 is 0 Å². The normalized spacial score (nSPS) is 13.3. The Morgan fingerprint density at radius 2 is 2.07 bits per heavy atom. The summed E-state index contributed by atoms with van der Waals surface area (Å²) in [6, 6.07) is 0. The van der Waals surface area contributed by atoms with E-state index in [9.17, 15) is 13.2 Å². The lowest BCUT2D eigenvalue weighted by atomic mass is 10.3. The third-order valence-corrected chi connectivity index (χ3v) is 1.96. The molecule has 0 bridgehead atoms. The average Bonchev–Trinajstić information content (AvgIpc) is 2.00. The summed E-state index contributed by atoms with van der Waals surface area (Å²) >= 11 is 0. The predicted molar refractivity (Wildman–Crippen MR) is 52.5 cm³/mol. The second kappa shape index (κ2) is 5.84. The summed E-state index contributed by atoms with van der Waals surface area (Å²) in [7, 11) is -4.45. The highest BCUT2D eigenvalue weighted by Crippen LogP contribution is 2.03. The van der Waals surface area contributed by atoms with Crippen molar-refractivity contribution in [2.45, 2.75) is 26.4 Å². The zero-order valence-corrected chi connectivity index (χ0v) is 9.41. The minimum atomic E-state index is -4.45. The molecule has 15 heavy (non-hydrogen) atoms. The molecule has 0 fully saturated rings. The number of ether oxygens (including phenoxy) is 1. The third kappa shape index (κ3) is 8.10. The standard InChI is InChI=1S/C8H14O6S/c1-6(2)8(9)13-5-4-7(3)14-15(10,11)12/h7H,1,4-5H2,2-3H3,(H,10,11,12). The van der Waals surface area contributed by atoms with E-state index in [2.05, 4.69) is 10.8 Å². The first-order valence-electron chi connectivity index (χ1n) is 4.20. The Morgan fingerprint density at radius 1 is 1.53 bits per heavy atom. The summed E-state index contributed by atoms with van der Waals surface area (Å²) in [4.78, 5) is 10.9. The van der Waals surface area contributed by atoms with Crippen molar-refractivity contribution in [1.82, 2.24) is 0 Å². The SMILES string of the molecule is C=C(C)C(=O)OCCC(C)OS(=O)(=O)O. The van der Waals surface area contributed by atoms with E-state index in [1.807, 2.05) is 0 Å². The molecule has 0 amide bonds. The molecule has 0 aliphatic rings. The molecule has 1 unspecified atom stereocenters. The Bertz CT molecular complexity index is 331. The van der Waals surface area contributed by atoms with Crippen LogP contribution < -0.4 is 0 Å². The van der Waals surface area contributed by atoms with Crippen LogP contribution in [-0.2, 0) is 24.1 Å². The molecule has 0 aromatic rings. The molecule has 0 spiro atoms. The Balaban J connectivity index is 3.78. The van der Waals surface area contributed by atoms with Crippen molar-refractivity contribution in [3.8, 4) is 0 Å². The van der Waals surface area contributed by atoms with Crippen LogP contribution >= 0.6 is 0 Å². The number of carbonyl (C=O) groups is 1. The molecule has 7 heteroatoms. The van der Waals surface area contributed by atoms with Gasteiger partial charge in [0.25, 0.3) is 0 Å². The fourth-order valence-electron chi connectivity index (χ4n) is 0.696. The van der Waals surface area contributed by atoms with Crippen LogP contribution in [-0.4, -0.2) is 31.7 Å². The zero-order chi connectivity index (χ0) is 12.1. The van der Waals surface area contributed by atoms with Gasteiger partial charge in [-0.2, -0.15) is 8.42 Å². The molecule has 0 aliphatic carbocycles. The first-order chi connectivity index (χ1) is 6.72. The number of esters is 1. The van der Waals surface area contributed by atoms with Crippen LogP contribution in [0.3, 0.4) is 0 Å². The maximum Gasteiger partial charge on any atom is 0.397 e. The maximum absolute atomic E-state index is 10.9. The molecule has 0 rings (SSSR count). The lowest BCUT2D eigenvalue weighted by Crippen LogP contribution is -2.17. The third-order valence-electron chi connectivity index (χ3n) is 1.39. The van der Waals surface area contributed by atoms with Gasteiger partial charge in [0.15, 0.2) is 0 Å². The van der Waals surface area contributed by atoms with Crippen LogP contribution in [0.2, 0.25) is 0 Å². The summed E-state index contributed by atoms with van der Waals surface area (Å²) < 4.78 is 37.7. The second-order valence-corrected chi connectivity index (χ2v) is 4.09. The van der Waals surface area contributed by atoms with Crippen molar-refractivity contribution in [1.29, 1.82) is 0 Å². The van der Waals surface area contributed by atoms with Gasteiger partial charge in [-0.25, -0.2) is 8.98 Å². The molecule has 0 saturated heterocycles. The van der Waals surface area contributed by atoms with Gasteiger partial charge in [-0.1, -0.05) is 6.58 Å². The number of hydrogen-bond donors (Lipinski definition) is 1. The molecule has 0 aromatic carbocycles. The predicted octanol–water partition coefficient (Wildman–Crippen LogP) is 0.704. The Labute approximate surface area is 88.8 Å². The highest BCUT2D eigenvalue weighted by Gasteiger charge is 2.13. The van der Waals surface area contributed by atoms with E-state index in [-0.39, 0.29) is 18.6 Å². The average molecular weight is 238 g/mol. The molecule has 0 aromatic heterocycles. The molecule has 0 heterocycles. The van der Waals surface area contributed by atoms with Crippen LogP contribution in [0, 0.1) is 0 Å². The van der Waals surface area contributed by atoms with Gasteiger partial charge in [0.05, 0.1) is 12.7 Å². The maximum atomic E-state index is 10.9. The van der Waals surface area contributed by atoms with Crippen molar-refractivity contribution >= 4 is 16.4 Å². The van der Waals surface area contributed by atoms with E-state index in [1.165, 1.54) is 13.8 Å². The molecule has 1 N–H and O–H groups in total. The minimum absolute atomic E-state index is 0.00236. The summed E-state index contributed by atoms with van der Waals surface area (Å²) in [6.07, 6.45) is -0.586. The van der Waals surface area contributed by atoms with Gasteiger partial charge in [-0.3, -0.25) is 4.55 Å². The summed E-state index contributed by atoms with van der Waals surface area (Å²) in [6.45, 7) is 6.31.